The van der Waals surface area contributed by atoms with Gasteiger partial charge in [0.15, 0.2) is 0 Å². The average molecular weight is 239 g/mol. The lowest BCUT2D eigenvalue weighted by Crippen LogP contribution is -2.43. The highest BCUT2D eigenvalue weighted by atomic mass is 16.3. The number of rotatable bonds is 3. The normalized spacial score (nSPS) is 21.2. The minimum absolute atomic E-state index is 0.555. The Balaban J connectivity index is 0.00000121. The molecule has 1 N–H and O–H groups in total. The second-order valence-corrected chi connectivity index (χ2v) is 4.41. The van der Waals surface area contributed by atoms with Crippen LogP contribution in [0, 0.1) is 0 Å². The molecule has 1 aliphatic rings. The van der Waals surface area contributed by atoms with Gasteiger partial charge in [-0.2, -0.15) is 0 Å². The van der Waals surface area contributed by atoms with Crippen LogP contribution in [0.1, 0.15) is 47.0 Å². The second kappa shape index (κ2) is 8.48. The molecule has 17 heavy (non-hydrogen) atoms. The number of aliphatic hydroxyl groups is 1. The first-order valence-electron chi connectivity index (χ1n) is 6.85. The van der Waals surface area contributed by atoms with E-state index in [0.717, 1.165) is 32.4 Å². The van der Waals surface area contributed by atoms with Crippen molar-refractivity contribution in [1.82, 2.24) is 4.90 Å². The highest BCUT2D eigenvalue weighted by molar-refractivity contribution is 5.22. The first-order chi connectivity index (χ1) is 8.12. The molecule has 0 bridgehead atoms. The lowest BCUT2D eigenvalue weighted by atomic mass is 9.82. The van der Waals surface area contributed by atoms with Crippen molar-refractivity contribution in [3.8, 4) is 0 Å². The standard InChI is InChI=1S/C13H23NO.C2H6/c1-4-6-7-12(5-2)13(15)8-10-14(3)11-9-13;1-2/h4,6-7,15H,5,8-11H2,1-3H3;1-2H3/b6-4-,12-7+;. The van der Waals surface area contributed by atoms with E-state index in [9.17, 15) is 5.11 Å². The van der Waals surface area contributed by atoms with Gasteiger partial charge in [-0.3, -0.25) is 0 Å². The summed E-state index contributed by atoms with van der Waals surface area (Å²) >= 11 is 0. The highest BCUT2D eigenvalue weighted by Gasteiger charge is 2.33. The van der Waals surface area contributed by atoms with Crippen molar-refractivity contribution >= 4 is 0 Å². The van der Waals surface area contributed by atoms with E-state index in [4.69, 9.17) is 0 Å². The van der Waals surface area contributed by atoms with Crippen LogP contribution < -0.4 is 0 Å². The summed E-state index contributed by atoms with van der Waals surface area (Å²) in [5.41, 5.74) is 0.620. The third kappa shape index (κ3) is 5.05. The third-order valence-electron chi connectivity index (χ3n) is 3.28. The smallest absolute Gasteiger partial charge is 0.0884 e. The molecule has 100 valence electrons. The molecule has 1 heterocycles. The molecular formula is C15H29NO. The van der Waals surface area contributed by atoms with Crippen LogP contribution in [0.4, 0.5) is 0 Å². The fraction of sp³-hybridized carbons (Fsp3) is 0.733. The minimum atomic E-state index is -0.555. The fourth-order valence-electron chi connectivity index (χ4n) is 2.12. The van der Waals surface area contributed by atoms with Gasteiger partial charge in [-0.05, 0) is 38.8 Å². The van der Waals surface area contributed by atoms with Crippen molar-refractivity contribution < 1.29 is 5.11 Å². The van der Waals surface area contributed by atoms with Crippen molar-refractivity contribution in [1.29, 1.82) is 0 Å². The maximum absolute atomic E-state index is 10.5. The monoisotopic (exact) mass is 239 g/mol. The van der Waals surface area contributed by atoms with Crippen LogP contribution in [0.25, 0.3) is 0 Å². The zero-order chi connectivity index (χ0) is 13.3. The van der Waals surface area contributed by atoms with E-state index >= 15 is 0 Å². The Bertz CT molecular complexity index is 248. The first-order valence-corrected chi connectivity index (χ1v) is 6.85. The highest BCUT2D eigenvalue weighted by Crippen LogP contribution is 2.31. The summed E-state index contributed by atoms with van der Waals surface area (Å²) in [6.45, 7) is 10.1. The number of nitrogens with zero attached hydrogens (tertiary/aromatic N) is 1. The molecule has 0 spiro atoms. The molecule has 1 saturated heterocycles. The van der Waals surface area contributed by atoms with Crippen molar-refractivity contribution in [3.63, 3.8) is 0 Å². The Morgan fingerprint density at radius 2 is 1.82 bits per heavy atom. The van der Waals surface area contributed by atoms with Crippen LogP contribution in [0.2, 0.25) is 0 Å². The molecular weight excluding hydrogens is 210 g/mol. The molecule has 0 atom stereocenters. The summed E-state index contributed by atoms with van der Waals surface area (Å²) in [6.07, 6.45) is 8.76. The summed E-state index contributed by atoms with van der Waals surface area (Å²) in [5.74, 6) is 0. The van der Waals surface area contributed by atoms with Gasteiger partial charge in [0.2, 0.25) is 0 Å². The topological polar surface area (TPSA) is 23.5 Å². The Labute approximate surface area is 107 Å². The van der Waals surface area contributed by atoms with E-state index in [1.165, 1.54) is 5.57 Å². The van der Waals surface area contributed by atoms with Gasteiger partial charge in [-0.1, -0.05) is 39.0 Å². The summed E-state index contributed by atoms with van der Waals surface area (Å²) in [7, 11) is 2.11. The lowest BCUT2D eigenvalue weighted by molar-refractivity contribution is 0.0141. The van der Waals surface area contributed by atoms with Crippen LogP contribution in [0.15, 0.2) is 23.8 Å². The van der Waals surface area contributed by atoms with Crippen molar-refractivity contribution in [2.75, 3.05) is 20.1 Å². The lowest BCUT2D eigenvalue weighted by Gasteiger charge is -2.38. The first kappa shape index (κ1) is 16.4. The predicted molar refractivity (Wildman–Crippen MR) is 76.2 cm³/mol. The Hall–Kier alpha value is -0.600. The minimum Gasteiger partial charge on any atom is -0.385 e. The molecule has 0 unspecified atom stereocenters. The quantitative estimate of drug-likeness (QED) is 0.763. The summed E-state index contributed by atoms with van der Waals surface area (Å²) in [4.78, 5) is 2.28. The fourth-order valence-corrected chi connectivity index (χ4v) is 2.12. The van der Waals surface area contributed by atoms with Gasteiger partial charge < -0.3 is 10.0 Å². The molecule has 1 rings (SSSR count). The maximum Gasteiger partial charge on any atom is 0.0884 e. The van der Waals surface area contributed by atoms with Crippen LogP contribution >= 0.6 is 0 Å². The number of hydrogen-bond acceptors (Lipinski definition) is 2. The van der Waals surface area contributed by atoms with Gasteiger partial charge in [0.1, 0.15) is 0 Å². The molecule has 0 radical (unpaired) electrons. The summed E-state index contributed by atoms with van der Waals surface area (Å²) in [6, 6.07) is 0. The van der Waals surface area contributed by atoms with Gasteiger partial charge in [0.05, 0.1) is 5.60 Å². The average Bonchev–Trinajstić information content (AvgIpc) is 2.37. The van der Waals surface area contributed by atoms with E-state index in [0.29, 0.717) is 0 Å². The molecule has 0 aromatic rings. The molecule has 0 aliphatic carbocycles. The van der Waals surface area contributed by atoms with Crippen LogP contribution in [-0.4, -0.2) is 35.7 Å². The zero-order valence-electron chi connectivity index (χ0n) is 12.2. The molecule has 2 heteroatoms. The van der Waals surface area contributed by atoms with E-state index in [1.807, 2.05) is 32.9 Å². The van der Waals surface area contributed by atoms with Gasteiger partial charge in [0.25, 0.3) is 0 Å². The number of piperidine rings is 1. The van der Waals surface area contributed by atoms with E-state index < -0.39 is 5.60 Å². The van der Waals surface area contributed by atoms with E-state index in [-0.39, 0.29) is 0 Å². The number of hydrogen-bond donors (Lipinski definition) is 1. The molecule has 0 aromatic heterocycles. The van der Waals surface area contributed by atoms with E-state index in [1.54, 1.807) is 0 Å². The molecule has 1 aliphatic heterocycles. The van der Waals surface area contributed by atoms with E-state index in [2.05, 4.69) is 24.9 Å². The molecule has 0 amide bonds. The molecule has 2 nitrogen and oxygen atoms in total. The van der Waals surface area contributed by atoms with Gasteiger partial charge in [0, 0.05) is 13.1 Å². The third-order valence-corrected chi connectivity index (χ3v) is 3.28. The molecule has 1 fully saturated rings. The summed E-state index contributed by atoms with van der Waals surface area (Å²) < 4.78 is 0. The maximum atomic E-state index is 10.5. The predicted octanol–water partition coefficient (Wildman–Crippen LogP) is 3.38. The van der Waals surface area contributed by atoms with Crippen molar-refractivity contribution in [3.05, 3.63) is 23.8 Å². The SMILES string of the molecule is C/C=C\C=C(/CC)C1(O)CCN(C)CC1.CC. The summed E-state index contributed by atoms with van der Waals surface area (Å²) in [5, 5.41) is 10.5. The zero-order valence-corrected chi connectivity index (χ0v) is 12.2. The molecule has 0 aromatic carbocycles. The largest absolute Gasteiger partial charge is 0.385 e. The van der Waals surface area contributed by atoms with Crippen LogP contribution in [0.5, 0.6) is 0 Å². The van der Waals surface area contributed by atoms with Gasteiger partial charge >= 0.3 is 0 Å². The Kier molecular flexibility index (Phi) is 8.19. The van der Waals surface area contributed by atoms with Crippen LogP contribution in [-0.2, 0) is 0 Å². The van der Waals surface area contributed by atoms with Crippen molar-refractivity contribution in [2.24, 2.45) is 0 Å². The second-order valence-electron chi connectivity index (χ2n) is 4.41. The molecule has 0 saturated carbocycles. The van der Waals surface area contributed by atoms with Crippen molar-refractivity contribution in [2.45, 2.75) is 52.6 Å². The van der Waals surface area contributed by atoms with Gasteiger partial charge in [-0.25, -0.2) is 0 Å². The Morgan fingerprint density at radius 1 is 1.29 bits per heavy atom. The van der Waals surface area contributed by atoms with Gasteiger partial charge in [-0.15, -0.1) is 0 Å². The number of allylic oxidation sites excluding steroid dienone is 3. The number of likely N-dealkylation sites (tertiary alicyclic amines) is 1. The Morgan fingerprint density at radius 3 is 2.24 bits per heavy atom. The van der Waals surface area contributed by atoms with Crippen LogP contribution in [0.3, 0.4) is 0 Å².